The SMILES string of the molecule is COc1cc(NC(=O)CSc2ccc(NC(=O)c3cccc([N+](=O)[O-])c3)cc2)cc(OC)c1. The molecule has 10 heteroatoms. The maximum Gasteiger partial charge on any atom is 0.270 e. The highest BCUT2D eigenvalue weighted by atomic mass is 32.2. The molecule has 0 saturated heterocycles. The number of amides is 2. The molecule has 0 aliphatic carbocycles. The molecule has 0 bridgehead atoms. The van der Waals surface area contributed by atoms with Crippen molar-refractivity contribution in [1.29, 1.82) is 0 Å². The first-order valence-electron chi connectivity index (χ1n) is 9.69. The molecule has 170 valence electrons. The third-order valence-corrected chi connectivity index (χ3v) is 5.45. The second kappa shape index (κ2) is 11.0. The number of non-ortho nitro benzene ring substituents is 1. The number of methoxy groups -OCH3 is 2. The van der Waals surface area contributed by atoms with Gasteiger partial charge in [-0.1, -0.05) is 6.07 Å². The predicted molar refractivity (Wildman–Crippen MR) is 126 cm³/mol. The van der Waals surface area contributed by atoms with Gasteiger partial charge < -0.3 is 20.1 Å². The molecule has 0 heterocycles. The van der Waals surface area contributed by atoms with Crippen LogP contribution in [0.4, 0.5) is 17.1 Å². The van der Waals surface area contributed by atoms with E-state index in [0.29, 0.717) is 22.9 Å². The summed E-state index contributed by atoms with van der Waals surface area (Å²) in [5.41, 5.74) is 1.13. The minimum Gasteiger partial charge on any atom is -0.497 e. The van der Waals surface area contributed by atoms with Gasteiger partial charge in [0.25, 0.3) is 11.6 Å². The first-order valence-corrected chi connectivity index (χ1v) is 10.7. The van der Waals surface area contributed by atoms with Gasteiger partial charge in [-0.3, -0.25) is 19.7 Å². The lowest BCUT2D eigenvalue weighted by Gasteiger charge is -2.10. The lowest BCUT2D eigenvalue weighted by molar-refractivity contribution is -0.384. The van der Waals surface area contributed by atoms with Crippen LogP contribution in [0.2, 0.25) is 0 Å². The Kier molecular flexibility index (Phi) is 7.87. The molecular formula is C23H21N3O6S. The topological polar surface area (TPSA) is 120 Å². The van der Waals surface area contributed by atoms with Crippen molar-refractivity contribution in [3.63, 3.8) is 0 Å². The zero-order valence-corrected chi connectivity index (χ0v) is 18.7. The summed E-state index contributed by atoms with van der Waals surface area (Å²) in [5, 5.41) is 16.4. The van der Waals surface area contributed by atoms with Gasteiger partial charge >= 0.3 is 0 Å². The molecule has 0 aliphatic rings. The standard InChI is InChI=1S/C23H21N3O6S/c1-31-19-11-17(12-20(13-19)32-2)24-22(27)14-33-21-8-6-16(7-9-21)25-23(28)15-4-3-5-18(10-15)26(29)30/h3-13H,14H2,1-2H3,(H,24,27)(H,25,28). The number of thioether (sulfide) groups is 1. The number of hydrogen-bond donors (Lipinski definition) is 2. The number of nitro benzene ring substituents is 1. The minimum absolute atomic E-state index is 0.153. The molecule has 3 aromatic rings. The third kappa shape index (κ3) is 6.71. The molecule has 2 N–H and O–H groups in total. The van der Waals surface area contributed by atoms with Crippen molar-refractivity contribution in [2.45, 2.75) is 4.90 Å². The normalized spacial score (nSPS) is 10.2. The van der Waals surface area contributed by atoms with Crippen LogP contribution in [0.3, 0.4) is 0 Å². The van der Waals surface area contributed by atoms with Crippen LogP contribution < -0.4 is 20.1 Å². The fourth-order valence-corrected chi connectivity index (χ4v) is 3.52. The van der Waals surface area contributed by atoms with Gasteiger partial charge in [0.1, 0.15) is 11.5 Å². The smallest absolute Gasteiger partial charge is 0.270 e. The highest BCUT2D eigenvalue weighted by Gasteiger charge is 2.12. The number of carbonyl (C=O) groups is 2. The molecule has 3 rings (SSSR count). The van der Waals surface area contributed by atoms with Crippen LogP contribution >= 0.6 is 11.8 Å². The summed E-state index contributed by atoms with van der Waals surface area (Å²) in [7, 11) is 3.07. The van der Waals surface area contributed by atoms with Crippen LogP contribution in [-0.2, 0) is 4.79 Å². The Morgan fingerprint density at radius 1 is 0.909 bits per heavy atom. The first-order chi connectivity index (χ1) is 15.9. The van der Waals surface area contributed by atoms with E-state index >= 15 is 0 Å². The molecule has 0 unspecified atom stereocenters. The third-order valence-electron chi connectivity index (χ3n) is 4.44. The summed E-state index contributed by atoms with van der Waals surface area (Å²) in [4.78, 5) is 35.8. The fraction of sp³-hybridized carbons (Fsp3) is 0.130. The Balaban J connectivity index is 1.54. The average molecular weight is 468 g/mol. The van der Waals surface area contributed by atoms with E-state index in [1.807, 2.05) is 0 Å². The van der Waals surface area contributed by atoms with E-state index in [1.165, 1.54) is 50.2 Å². The lowest BCUT2D eigenvalue weighted by Crippen LogP contribution is -2.14. The second-order valence-corrected chi connectivity index (χ2v) is 7.77. The van der Waals surface area contributed by atoms with Gasteiger partial charge in [0.2, 0.25) is 5.91 Å². The lowest BCUT2D eigenvalue weighted by atomic mass is 10.2. The quantitative estimate of drug-likeness (QED) is 0.268. The molecule has 0 saturated carbocycles. The van der Waals surface area contributed by atoms with Gasteiger partial charge in [0, 0.05) is 52.2 Å². The molecule has 0 fully saturated rings. The van der Waals surface area contributed by atoms with Crippen molar-refractivity contribution in [1.82, 2.24) is 0 Å². The van der Waals surface area contributed by atoms with Crippen molar-refractivity contribution in [2.75, 3.05) is 30.6 Å². The van der Waals surface area contributed by atoms with Gasteiger partial charge in [-0.2, -0.15) is 0 Å². The van der Waals surface area contributed by atoms with E-state index < -0.39 is 10.8 Å². The van der Waals surface area contributed by atoms with Crippen LogP contribution in [-0.4, -0.2) is 36.7 Å². The summed E-state index contributed by atoms with van der Waals surface area (Å²) in [6, 6.07) is 17.6. The number of anilines is 2. The average Bonchev–Trinajstić information content (AvgIpc) is 2.83. The number of nitrogens with zero attached hydrogens (tertiary/aromatic N) is 1. The zero-order chi connectivity index (χ0) is 23.8. The maximum absolute atomic E-state index is 12.3. The van der Waals surface area contributed by atoms with E-state index in [1.54, 1.807) is 42.5 Å². The van der Waals surface area contributed by atoms with Gasteiger partial charge in [0.15, 0.2) is 0 Å². The number of ether oxygens (including phenoxy) is 2. The van der Waals surface area contributed by atoms with Gasteiger partial charge in [0.05, 0.1) is 24.9 Å². The van der Waals surface area contributed by atoms with E-state index in [4.69, 9.17) is 9.47 Å². The Morgan fingerprint density at radius 2 is 1.58 bits per heavy atom. The second-order valence-electron chi connectivity index (χ2n) is 6.72. The van der Waals surface area contributed by atoms with Crippen LogP contribution in [0.5, 0.6) is 11.5 Å². The molecule has 3 aromatic carbocycles. The Morgan fingerprint density at radius 3 is 2.18 bits per heavy atom. The number of benzene rings is 3. The van der Waals surface area contributed by atoms with Crippen LogP contribution in [0.15, 0.2) is 71.6 Å². The van der Waals surface area contributed by atoms with Crippen molar-refractivity contribution < 1.29 is 24.0 Å². The van der Waals surface area contributed by atoms with Gasteiger partial charge in [-0.15, -0.1) is 11.8 Å². The Hall–Kier alpha value is -4.05. The monoisotopic (exact) mass is 467 g/mol. The van der Waals surface area contributed by atoms with Gasteiger partial charge in [-0.25, -0.2) is 0 Å². The molecule has 0 aliphatic heterocycles. The molecule has 0 radical (unpaired) electrons. The molecule has 0 aromatic heterocycles. The molecule has 2 amide bonds. The zero-order valence-electron chi connectivity index (χ0n) is 17.9. The summed E-state index contributed by atoms with van der Waals surface area (Å²) in [6.45, 7) is 0. The highest BCUT2D eigenvalue weighted by Crippen LogP contribution is 2.26. The highest BCUT2D eigenvalue weighted by molar-refractivity contribution is 8.00. The minimum atomic E-state index is -0.552. The number of rotatable bonds is 9. The summed E-state index contributed by atoms with van der Waals surface area (Å²) < 4.78 is 10.4. The number of nitro groups is 1. The van der Waals surface area contributed by atoms with Crippen LogP contribution in [0.25, 0.3) is 0 Å². The first kappa shape index (κ1) is 23.6. The van der Waals surface area contributed by atoms with Crippen molar-refractivity contribution >= 4 is 40.6 Å². The van der Waals surface area contributed by atoms with Crippen molar-refractivity contribution in [3.8, 4) is 11.5 Å². The predicted octanol–water partition coefficient (Wildman–Crippen LogP) is 4.60. The molecule has 9 nitrogen and oxygen atoms in total. The number of carbonyl (C=O) groups excluding carboxylic acids is 2. The van der Waals surface area contributed by atoms with E-state index in [-0.39, 0.29) is 22.9 Å². The number of nitrogens with one attached hydrogen (secondary N) is 2. The van der Waals surface area contributed by atoms with Crippen LogP contribution in [0.1, 0.15) is 10.4 Å². The fourth-order valence-electron chi connectivity index (χ4n) is 2.82. The molecule has 33 heavy (non-hydrogen) atoms. The maximum atomic E-state index is 12.3. The molecular weight excluding hydrogens is 446 g/mol. The Labute approximate surface area is 194 Å². The van der Waals surface area contributed by atoms with Crippen LogP contribution in [0, 0.1) is 10.1 Å². The number of hydrogen-bond acceptors (Lipinski definition) is 7. The molecule has 0 atom stereocenters. The Bertz CT molecular complexity index is 1140. The van der Waals surface area contributed by atoms with Gasteiger partial charge in [-0.05, 0) is 30.3 Å². The summed E-state index contributed by atoms with van der Waals surface area (Å²) in [6.07, 6.45) is 0. The summed E-state index contributed by atoms with van der Waals surface area (Å²) >= 11 is 1.33. The largest absolute Gasteiger partial charge is 0.497 e. The van der Waals surface area contributed by atoms with E-state index in [2.05, 4.69) is 10.6 Å². The summed E-state index contributed by atoms with van der Waals surface area (Å²) in [5.74, 6) is 0.671. The van der Waals surface area contributed by atoms with E-state index in [0.717, 1.165) is 4.90 Å². The molecule has 0 spiro atoms. The van der Waals surface area contributed by atoms with Crippen molar-refractivity contribution in [2.24, 2.45) is 0 Å². The van der Waals surface area contributed by atoms with Crippen molar-refractivity contribution in [3.05, 3.63) is 82.4 Å². The van der Waals surface area contributed by atoms with E-state index in [9.17, 15) is 19.7 Å².